The number of nitrogens with zero attached hydrogens (tertiary/aromatic N) is 1. The molecule has 2 heterocycles. The first kappa shape index (κ1) is 13.1. The summed E-state index contributed by atoms with van der Waals surface area (Å²) in [5, 5.41) is 0. The van der Waals surface area contributed by atoms with E-state index in [1.54, 1.807) is 0 Å². The molecule has 1 aromatic rings. The zero-order chi connectivity index (χ0) is 13.3. The number of hydrogen-bond acceptors (Lipinski definition) is 4. The van der Waals surface area contributed by atoms with E-state index in [0.29, 0.717) is 6.54 Å². The molecule has 0 radical (unpaired) electrons. The summed E-state index contributed by atoms with van der Waals surface area (Å²) >= 11 is 0. The predicted octanol–water partition coefficient (Wildman–Crippen LogP) is 0.784. The Labute approximate surface area is 107 Å². The number of rotatable bonds is 4. The summed E-state index contributed by atoms with van der Waals surface area (Å²) < 4.78 is 5.68. The van der Waals surface area contributed by atoms with Crippen LogP contribution in [0, 0.1) is 12.8 Å². The van der Waals surface area contributed by atoms with Gasteiger partial charge in [0.1, 0.15) is 11.5 Å². The van der Waals surface area contributed by atoms with E-state index < -0.39 is 0 Å². The minimum atomic E-state index is -0.225. The number of carbonyl (C=O) groups is 1. The molecule has 0 spiro atoms. The second kappa shape index (κ2) is 5.12. The Morgan fingerprint density at radius 3 is 2.72 bits per heavy atom. The highest BCUT2D eigenvalue weighted by Crippen LogP contribution is 2.30. The Bertz CT molecular complexity index is 428. The Kier molecular flexibility index (Phi) is 3.73. The summed E-state index contributed by atoms with van der Waals surface area (Å²) in [5.41, 5.74) is 11.4. The van der Waals surface area contributed by atoms with Crippen LogP contribution in [0.25, 0.3) is 0 Å². The quantitative estimate of drug-likeness (QED) is 0.828. The molecule has 1 saturated heterocycles. The smallest absolute Gasteiger partial charge is 0.221 e. The van der Waals surface area contributed by atoms with Crippen molar-refractivity contribution < 1.29 is 9.21 Å². The molecule has 0 saturated carbocycles. The van der Waals surface area contributed by atoms with E-state index in [0.717, 1.165) is 24.5 Å². The van der Waals surface area contributed by atoms with Crippen molar-refractivity contribution in [3.63, 3.8) is 0 Å². The number of primary amides is 1. The molecule has 1 aliphatic rings. The van der Waals surface area contributed by atoms with Gasteiger partial charge in [-0.25, -0.2) is 0 Å². The summed E-state index contributed by atoms with van der Waals surface area (Å²) in [6, 6.07) is 3.86. The molecule has 5 nitrogen and oxygen atoms in total. The molecule has 0 aliphatic carbocycles. The van der Waals surface area contributed by atoms with Crippen LogP contribution in [0.4, 0.5) is 0 Å². The second-order valence-corrected chi connectivity index (χ2v) is 5.14. The molecule has 0 aromatic carbocycles. The van der Waals surface area contributed by atoms with Gasteiger partial charge in [0.25, 0.3) is 0 Å². The summed E-state index contributed by atoms with van der Waals surface area (Å²) in [7, 11) is 0. The van der Waals surface area contributed by atoms with Crippen molar-refractivity contribution in [2.24, 2.45) is 17.4 Å². The number of hydrogen-bond donors (Lipinski definition) is 2. The zero-order valence-electron chi connectivity index (χ0n) is 10.9. The van der Waals surface area contributed by atoms with Crippen LogP contribution < -0.4 is 11.5 Å². The van der Waals surface area contributed by atoms with Crippen LogP contribution in [0.3, 0.4) is 0 Å². The lowest BCUT2D eigenvalue weighted by molar-refractivity contribution is -0.121. The molecule has 1 amide bonds. The van der Waals surface area contributed by atoms with Crippen molar-refractivity contribution in [3.8, 4) is 0 Å². The molecule has 3 unspecified atom stereocenters. The van der Waals surface area contributed by atoms with Gasteiger partial charge in [-0.1, -0.05) is 0 Å². The molecule has 5 heteroatoms. The van der Waals surface area contributed by atoms with Gasteiger partial charge in [0.2, 0.25) is 5.91 Å². The molecule has 4 N–H and O–H groups in total. The van der Waals surface area contributed by atoms with E-state index in [9.17, 15) is 4.79 Å². The van der Waals surface area contributed by atoms with Crippen LogP contribution in [-0.4, -0.2) is 29.9 Å². The van der Waals surface area contributed by atoms with E-state index >= 15 is 0 Å². The molecule has 100 valence electrons. The third kappa shape index (κ3) is 2.57. The number of likely N-dealkylation sites (tertiary alicyclic amines) is 1. The van der Waals surface area contributed by atoms with Crippen molar-refractivity contribution in [2.45, 2.75) is 32.4 Å². The third-order valence-corrected chi connectivity index (χ3v) is 3.57. The van der Waals surface area contributed by atoms with Crippen LogP contribution in [-0.2, 0) is 4.79 Å². The number of aryl methyl sites for hydroxylation is 1. The molecule has 18 heavy (non-hydrogen) atoms. The van der Waals surface area contributed by atoms with Crippen molar-refractivity contribution in [2.75, 3.05) is 13.1 Å². The van der Waals surface area contributed by atoms with Crippen LogP contribution in [0.1, 0.15) is 30.9 Å². The largest absolute Gasteiger partial charge is 0.465 e. The van der Waals surface area contributed by atoms with Gasteiger partial charge < -0.3 is 15.9 Å². The van der Waals surface area contributed by atoms with Crippen molar-refractivity contribution in [1.29, 1.82) is 0 Å². The fraction of sp³-hybridized carbons (Fsp3) is 0.615. The minimum Gasteiger partial charge on any atom is -0.465 e. The molecular formula is C13H21N3O2. The Balaban J connectivity index is 2.15. The lowest BCUT2D eigenvalue weighted by Gasteiger charge is -2.29. The number of amides is 1. The van der Waals surface area contributed by atoms with Crippen LogP contribution >= 0.6 is 0 Å². The van der Waals surface area contributed by atoms with Crippen LogP contribution in [0.15, 0.2) is 16.5 Å². The Morgan fingerprint density at radius 1 is 1.56 bits per heavy atom. The van der Waals surface area contributed by atoms with Gasteiger partial charge in [0, 0.05) is 12.6 Å². The van der Waals surface area contributed by atoms with Crippen molar-refractivity contribution in [1.82, 2.24) is 4.90 Å². The number of furan rings is 1. The van der Waals surface area contributed by atoms with Crippen LogP contribution in [0.5, 0.6) is 0 Å². The summed E-state index contributed by atoms with van der Waals surface area (Å²) in [6.07, 6.45) is 0.804. The normalized spacial score (nSPS) is 24.1. The van der Waals surface area contributed by atoms with E-state index in [1.807, 2.05) is 26.0 Å². The predicted molar refractivity (Wildman–Crippen MR) is 68.7 cm³/mol. The highest BCUT2D eigenvalue weighted by Gasteiger charge is 2.34. The van der Waals surface area contributed by atoms with Gasteiger partial charge in [-0.15, -0.1) is 0 Å². The van der Waals surface area contributed by atoms with Gasteiger partial charge in [-0.2, -0.15) is 0 Å². The summed E-state index contributed by atoms with van der Waals surface area (Å²) in [6.45, 7) is 5.37. The highest BCUT2D eigenvalue weighted by atomic mass is 16.3. The van der Waals surface area contributed by atoms with E-state index in [4.69, 9.17) is 15.9 Å². The first-order valence-corrected chi connectivity index (χ1v) is 6.34. The molecule has 2 rings (SSSR count). The highest BCUT2D eigenvalue weighted by molar-refractivity contribution is 5.77. The Hall–Kier alpha value is -1.33. The maximum Gasteiger partial charge on any atom is 0.221 e. The van der Waals surface area contributed by atoms with Gasteiger partial charge in [-0.05, 0) is 38.9 Å². The SMILES string of the molecule is Cc1ccc(C(C(C)N)N2CCC(C(N)=O)C2)o1. The minimum absolute atomic E-state index is 0.0167. The van der Waals surface area contributed by atoms with Gasteiger partial charge >= 0.3 is 0 Å². The summed E-state index contributed by atoms with van der Waals surface area (Å²) in [5.74, 6) is 1.45. The van der Waals surface area contributed by atoms with Gasteiger partial charge in [0.15, 0.2) is 0 Å². The lowest BCUT2D eigenvalue weighted by Crippen LogP contribution is -2.39. The molecule has 1 aliphatic heterocycles. The summed E-state index contributed by atoms with van der Waals surface area (Å²) in [4.78, 5) is 13.4. The topological polar surface area (TPSA) is 85.5 Å². The molecular weight excluding hydrogens is 230 g/mol. The van der Waals surface area contributed by atoms with Gasteiger partial charge in [-0.3, -0.25) is 9.69 Å². The monoisotopic (exact) mass is 251 g/mol. The van der Waals surface area contributed by atoms with E-state index in [1.165, 1.54) is 0 Å². The van der Waals surface area contributed by atoms with Crippen molar-refractivity contribution in [3.05, 3.63) is 23.7 Å². The van der Waals surface area contributed by atoms with Crippen molar-refractivity contribution >= 4 is 5.91 Å². The second-order valence-electron chi connectivity index (χ2n) is 5.14. The van der Waals surface area contributed by atoms with Gasteiger partial charge in [0.05, 0.1) is 12.0 Å². The molecule has 1 aromatic heterocycles. The average molecular weight is 251 g/mol. The lowest BCUT2D eigenvalue weighted by atomic mass is 10.1. The first-order valence-electron chi connectivity index (χ1n) is 6.34. The first-order chi connectivity index (χ1) is 8.49. The maximum atomic E-state index is 11.2. The molecule has 3 atom stereocenters. The fourth-order valence-corrected chi connectivity index (χ4v) is 2.66. The number of nitrogens with two attached hydrogens (primary N) is 2. The zero-order valence-corrected chi connectivity index (χ0v) is 10.9. The average Bonchev–Trinajstić information content (AvgIpc) is 2.88. The standard InChI is InChI=1S/C13H21N3O2/c1-8-3-4-11(18-8)12(9(2)14)16-6-5-10(7-16)13(15)17/h3-4,9-10,12H,5-7,14H2,1-2H3,(H2,15,17). The number of carbonyl (C=O) groups excluding carboxylic acids is 1. The Morgan fingerprint density at radius 2 is 2.28 bits per heavy atom. The maximum absolute atomic E-state index is 11.2. The van der Waals surface area contributed by atoms with E-state index in [2.05, 4.69) is 4.90 Å². The van der Waals surface area contributed by atoms with E-state index in [-0.39, 0.29) is 23.9 Å². The van der Waals surface area contributed by atoms with Crippen LogP contribution in [0.2, 0.25) is 0 Å². The fourth-order valence-electron chi connectivity index (χ4n) is 2.66. The molecule has 1 fully saturated rings. The molecule has 0 bridgehead atoms. The third-order valence-electron chi connectivity index (χ3n) is 3.57.